The Bertz CT molecular complexity index is 288. The minimum Gasteiger partial charge on any atom is -0.366 e. The van der Waals surface area contributed by atoms with Crippen LogP contribution in [0.4, 0.5) is 0 Å². The first kappa shape index (κ1) is 11.4. The second-order valence-electron chi connectivity index (χ2n) is 4.43. The normalized spacial score (nSPS) is 24.8. The van der Waals surface area contributed by atoms with Crippen LogP contribution in [0.15, 0.2) is 0 Å². The zero-order valence-electron chi connectivity index (χ0n) is 9.45. The Morgan fingerprint density at radius 2 is 2.38 bits per heavy atom. The summed E-state index contributed by atoms with van der Waals surface area (Å²) in [5.74, 6) is 3.25. The zero-order chi connectivity index (χ0) is 11.4. The first-order chi connectivity index (χ1) is 7.81. The lowest BCUT2D eigenvalue weighted by atomic mass is 10.2. The first-order valence-electron chi connectivity index (χ1n) is 5.86. The van der Waals surface area contributed by atoms with Crippen LogP contribution in [0.3, 0.4) is 0 Å². The molecule has 1 atom stereocenters. The van der Waals surface area contributed by atoms with Crippen LogP contribution in [-0.2, 0) is 9.53 Å². The molecule has 0 aromatic rings. The van der Waals surface area contributed by atoms with E-state index in [4.69, 9.17) is 11.2 Å². The molecule has 4 heteroatoms. The number of amides is 1. The molecule has 1 unspecified atom stereocenters. The van der Waals surface area contributed by atoms with E-state index in [1.54, 1.807) is 4.90 Å². The summed E-state index contributed by atoms with van der Waals surface area (Å²) in [7, 11) is 0. The van der Waals surface area contributed by atoms with E-state index in [1.165, 1.54) is 12.8 Å². The number of nitrogens with zero attached hydrogens (tertiary/aromatic N) is 1. The molecule has 2 aliphatic rings. The second kappa shape index (κ2) is 5.33. The highest BCUT2D eigenvalue weighted by molar-refractivity contribution is 5.81. The van der Waals surface area contributed by atoms with Gasteiger partial charge in [0, 0.05) is 19.6 Å². The average Bonchev–Trinajstić information content (AvgIpc) is 3.13. The average molecular weight is 222 g/mol. The maximum absolute atomic E-state index is 12.1. The first-order valence-corrected chi connectivity index (χ1v) is 5.86. The van der Waals surface area contributed by atoms with Crippen molar-refractivity contribution in [2.45, 2.75) is 18.9 Å². The molecule has 1 saturated heterocycles. The van der Waals surface area contributed by atoms with E-state index in [-0.39, 0.29) is 12.0 Å². The minimum absolute atomic E-state index is 0.0389. The number of nitrogens with one attached hydrogen (secondary N) is 1. The van der Waals surface area contributed by atoms with Gasteiger partial charge in [-0.1, -0.05) is 5.92 Å². The largest absolute Gasteiger partial charge is 0.366 e. The number of morpholine rings is 1. The van der Waals surface area contributed by atoms with Gasteiger partial charge in [0.1, 0.15) is 6.10 Å². The minimum atomic E-state index is -0.346. The highest BCUT2D eigenvalue weighted by Crippen LogP contribution is 2.29. The molecule has 0 spiro atoms. The van der Waals surface area contributed by atoms with Crippen molar-refractivity contribution >= 4 is 5.91 Å². The SMILES string of the molecule is C#CCN(CC1CC1)C(=O)C1CNCCO1. The fraction of sp³-hybridized carbons (Fsp3) is 0.750. The van der Waals surface area contributed by atoms with Gasteiger partial charge in [-0.15, -0.1) is 6.42 Å². The van der Waals surface area contributed by atoms with Crippen molar-refractivity contribution in [3.05, 3.63) is 0 Å². The van der Waals surface area contributed by atoms with Gasteiger partial charge in [0.05, 0.1) is 13.2 Å². The van der Waals surface area contributed by atoms with E-state index in [0.29, 0.717) is 25.6 Å². The predicted octanol–water partition coefficient (Wildman–Crippen LogP) is -0.153. The van der Waals surface area contributed by atoms with Crippen molar-refractivity contribution in [1.29, 1.82) is 0 Å². The zero-order valence-corrected chi connectivity index (χ0v) is 9.45. The molecule has 1 aliphatic heterocycles. The highest BCUT2D eigenvalue weighted by atomic mass is 16.5. The Hall–Kier alpha value is -1.05. The van der Waals surface area contributed by atoms with Gasteiger partial charge in [-0.2, -0.15) is 0 Å². The monoisotopic (exact) mass is 222 g/mol. The lowest BCUT2D eigenvalue weighted by Crippen LogP contribution is -2.50. The van der Waals surface area contributed by atoms with E-state index in [2.05, 4.69) is 11.2 Å². The molecule has 1 aliphatic carbocycles. The lowest BCUT2D eigenvalue weighted by Gasteiger charge is -2.28. The van der Waals surface area contributed by atoms with Gasteiger partial charge in [-0.05, 0) is 18.8 Å². The van der Waals surface area contributed by atoms with Crippen molar-refractivity contribution in [2.24, 2.45) is 5.92 Å². The molecule has 1 amide bonds. The molecule has 1 N–H and O–H groups in total. The number of carbonyl (C=O) groups is 1. The van der Waals surface area contributed by atoms with Gasteiger partial charge in [-0.3, -0.25) is 4.79 Å². The van der Waals surface area contributed by atoms with Crippen LogP contribution >= 0.6 is 0 Å². The molecule has 0 bridgehead atoms. The third-order valence-electron chi connectivity index (χ3n) is 2.97. The van der Waals surface area contributed by atoms with Crippen LogP contribution in [0.25, 0.3) is 0 Å². The Balaban J connectivity index is 1.89. The molecule has 1 saturated carbocycles. The number of carbonyl (C=O) groups excluding carboxylic acids is 1. The second-order valence-corrected chi connectivity index (χ2v) is 4.43. The summed E-state index contributed by atoms with van der Waals surface area (Å²) in [6.45, 7) is 3.22. The molecule has 0 radical (unpaired) electrons. The summed E-state index contributed by atoms with van der Waals surface area (Å²) in [5.41, 5.74) is 0. The molecule has 0 aromatic carbocycles. The Morgan fingerprint density at radius 3 is 2.94 bits per heavy atom. The number of rotatable bonds is 4. The van der Waals surface area contributed by atoms with Crippen molar-refractivity contribution in [1.82, 2.24) is 10.2 Å². The van der Waals surface area contributed by atoms with Crippen LogP contribution in [0.2, 0.25) is 0 Å². The van der Waals surface area contributed by atoms with Gasteiger partial charge in [0.2, 0.25) is 0 Å². The quantitative estimate of drug-likeness (QED) is 0.672. The Morgan fingerprint density at radius 1 is 1.56 bits per heavy atom. The van der Waals surface area contributed by atoms with Crippen LogP contribution in [-0.4, -0.2) is 49.7 Å². The smallest absolute Gasteiger partial charge is 0.253 e. The molecule has 2 rings (SSSR count). The van der Waals surface area contributed by atoms with Crippen molar-refractivity contribution in [2.75, 3.05) is 32.8 Å². The maximum Gasteiger partial charge on any atom is 0.253 e. The van der Waals surface area contributed by atoms with E-state index in [9.17, 15) is 4.79 Å². The summed E-state index contributed by atoms with van der Waals surface area (Å²) >= 11 is 0. The van der Waals surface area contributed by atoms with Crippen LogP contribution in [0.1, 0.15) is 12.8 Å². The molecule has 4 nitrogen and oxygen atoms in total. The standard InChI is InChI=1S/C12H18N2O2/c1-2-6-14(9-10-3-4-10)12(15)11-8-13-5-7-16-11/h1,10-11,13H,3-9H2. The topological polar surface area (TPSA) is 41.6 Å². The Labute approximate surface area is 96.3 Å². The summed E-state index contributed by atoms with van der Waals surface area (Å²) in [4.78, 5) is 13.9. The van der Waals surface area contributed by atoms with Gasteiger partial charge >= 0.3 is 0 Å². The molecule has 0 aromatic heterocycles. The number of terminal acetylenes is 1. The number of hydrogen-bond donors (Lipinski definition) is 1. The molecular formula is C12H18N2O2. The van der Waals surface area contributed by atoms with Crippen LogP contribution in [0.5, 0.6) is 0 Å². The highest BCUT2D eigenvalue weighted by Gasteiger charge is 2.31. The van der Waals surface area contributed by atoms with Crippen molar-refractivity contribution < 1.29 is 9.53 Å². The van der Waals surface area contributed by atoms with Gasteiger partial charge in [-0.25, -0.2) is 0 Å². The summed E-state index contributed by atoms with van der Waals surface area (Å²) in [5, 5.41) is 3.16. The maximum atomic E-state index is 12.1. The van der Waals surface area contributed by atoms with Crippen LogP contribution in [0, 0.1) is 18.3 Å². The summed E-state index contributed by atoms with van der Waals surface area (Å²) in [6.07, 6.45) is 7.39. The van der Waals surface area contributed by atoms with Crippen molar-refractivity contribution in [3.8, 4) is 12.3 Å². The molecule has 16 heavy (non-hydrogen) atoms. The third kappa shape index (κ3) is 2.97. The third-order valence-corrected chi connectivity index (χ3v) is 2.97. The van der Waals surface area contributed by atoms with E-state index in [1.807, 2.05) is 0 Å². The van der Waals surface area contributed by atoms with Crippen LogP contribution < -0.4 is 5.32 Å². The molecule has 88 valence electrons. The fourth-order valence-corrected chi connectivity index (χ4v) is 1.88. The lowest BCUT2D eigenvalue weighted by molar-refractivity contribution is -0.144. The molecule has 2 fully saturated rings. The van der Waals surface area contributed by atoms with E-state index in [0.717, 1.165) is 13.1 Å². The van der Waals surface area contributed by atoms with Crippen molar-refractivity contribution in [3.63, 3.8) is 0 Å². The van der Waals surface area contributed by atoms with E-state index < -0.39 is 0 Å². The summed E-state index contributed by atoms with van der Waals surface area (Å²) < 4.78 is 5.45. The van der Waals surface area contributed by atoms with Gasteiger partial charge in [0.15, 0.2) is 0 Å². The fourth-order valence-electron chi connectivity index (χ4n) is 1.88. The number of ether oxygens (including phenoxy) is 1. The van der Waals surface area contributed by atoms with E-state index >= 15 is 0 Å². The molecular weight excluding hydrogens is 204 g/mol. The number of hydrogen-bond acceptors (Lipinski definition) is 3. The van der Waals surface area contributed by atoms with Gasteiger partial charge in [0.25, 0.3) is 5.91 Å². The van der Waals surface area contributed by atoms with Gasteiger partial charge < -0.3 is 15.0 Å². The molecule has 1 heterocycles. The Kier molecular flexibility index (Phi) is 3.81. The predicted molar refractivity (Wildman–Crippen MR) is 60.7 cm³/mol. The summed E-state index contributed by atoms with van der Waals surface area (Å²) in [6, 6.07) is 0.